The first-order chi connectivity index (χ1) is 13.3. The molecule has 0 aliphatic rings. The molecule has 0 aliphatic carbocycles. The Morgan fingerprint density at radius 2 is 1.04 bits per heavy atom. The first kappa shape index (κ1) is 21.6. The van der Waals surface area contributed by atoms with Gasteiger partial charge in [-0.25, -0.2) is 9.59 Å². The third-order valence-electron chi connectivity index (χ3n) is 3.72. The third-order valence-corrected chi connectivity index (χ3v) is 3.72. The van der Waals surface area contributed by atoms with Crippen LogP contribution in [0.25, 0.3) is 0 Å². The SMILES string of the molecule is [CH2]CC[C](OOC(=O)c1cc(C)cc(C)c1)OOC(=O)c1cc(C)cc(C)c1. The molecular weight excluding hydrogens is 360 g/mol. The summed E-state index contributed by atoms with van der Waals surface area (Å²) in [7, 11) is 0. The van der Waals surface area contributed by atoms with Gasteiger partial charge in [-0.05, 0) is 58.4 Å². The lowest BCUT2D eigenvalue weighted by molar-refractivity contribution is -0.363. The highest BCUT2D eigenvalue weighted by atomic mass is 17.3. The fourth-order valence-electron chi connectivity index (χ4n) is 2.69. The molecule has 2 aromatic carbocycles. The van der Waals surface area contributed by atoms with E-state index in [4.69, 9.17) is 19.6 Å². The lowest BCUT2D eigenvalue weighted by Crippen LogP contribution is -2.16. The van der Waals surface area contributed by atoms with Crippen molar-refractivity contribution in [2.24, 2.45) is 0 Å². The molecule has 0 amide bonds. The van der Waals surface area contributed by atoms with Crippen LogP contribution in [0, 0.1) is 40.9 Å². The molecule has 2 radical (unpaired) electrons. The van der Waals surface area contributed by atoms with Gasteiger partial charge in [0.15, 0.2) is 0 Å². The van der Waals surface area contributed by atoms with Gasteiger partial charge in [0, 0.05) is 6.42 Å². The van der Waals surface area contributed by atoms with Gasteiger partial charge in [0.05, 0.1) is 11.1 Å². The fraction of sp³-hybridized carbons (Fsp3) is 0.273. The monoisotopic (exact) mass is 384 g/mol. The summed E-state index contributed by atoms with van der Waals surface area (Å²) < 4.78 is 0. The minimum absolute atomic E-state index is 0.176. The largest absolute Gasteiger partial charge is 0.373 e. The number of aryl methyl sites for hydroxylation is 4. The van der Waals surface area contributed by atoms with Crippen LogP contribution >= 0.6 is 0 Å². The quantitative estimate of drug-likeness (QED) is 0.476. The second-order valence-corrected chi connectivity index (χ2v) is 6.64. The van der Waals surface area contributed by atoms with Crippen molar-refractivity contribution in [2.75, 3.05) is 0 Å². The molecule has 0 bridgehead atoms. The predicted molar refractivity (Wildman–Crippen MR) is 103 cm³/mol. The van der Waals surface area contributed by atoms with Gasteiger partial charge in [0.25, 0.3) is 0 Å². The summed E-state index contributed by atoms with van der Waals surface area (Å²) in [5.74, 6) is -1.37. The van der Waals surface area contributed by atoms with Crippen molar-refractivity contribution in [3.05, 3.63) is 83.0 Å². The number of benzene rings is 2. The minimum Gasteiger partial charge on any atom is -0.289 e. The fourth-order valence-corrected chi connectivity index (χ4v) is 2.69. The Kier molecular flexibility index (Phi) is 7.72. The van der Waals surface area contributed by atoms with E-state index in [0.29, 0.717) is 17.5 Å². The second kappa shape index (κ2) is 10.0. The first-order valence-electron chi connectivity index (χ1n) is 8.88. The van der Waals surface area contributed by atoms with Crippen molar-refractivity contribution in [2.45, 2.75) is 40.5 Å². The molecule has 0 heterocycles. The molecule has 2 rings (SSSR count). The molecule has 0 atom stereocenters. The van der Waals surface area contributed by atoms with Crippen LogP contribution in [-0.4, -0.2) is 11.9 Å². The Balaban J connectivity index is 1.93. The van der Waals surface area contributed by atoms with Crippen LogP contribution in [-0.2, 0) is 19.6 Å². The zero-order valence-corrected chi connectivity index (χ0v) is 16.5. The second-order valence-electron chi connectivity index (χ2n) is 6.64. The van der Waals surface area contributed by atoms with Crippen LogP contribution in [0.1, 0.15) is 55.8 Å². The summed E-state index contributed by atoms with van der Waals surface area (Å²) in [6.07, 6.45) is 0.392. The van der Waals surface area contributed by atoms with E-state index in [0.717, 1.165) is 22.3 Å². The number of carbonyl (C=O) groups is 2. The molecule has 0 aliphatic heterocycles. The molecule has 0 saturated carbocycles. The summed E-state index contributed by atoms with van der Waals surface area (Å²) >= 11 is 0. The number of hydrogen-bond donors (Lipinski definition) is 0. The number of hydrogen-bond acceptors (Lipinski definition) is 6. The average Bonchev–Trinajstić information content (AvgIpc) is 2.61. The van der Waals surface area contributed by atoms with Gasteiger partial charge in [0.2, 0.25) is 0 Å². The van der Waals surface area contributed by atoms with Gasteiger partial charge in [-0.2, -0.15) is 0 Å². The highest BCUT2D eigenvalue weighted by molar-refractivity contribution is 5.90. The van der Waals surface area contributed by atoms with Gasteiger partial charge in [-0.1, -0.05) is 41.3 Å². The van der Waals surface area contributed by atoms with Crippen LogP contribution in [0.15, 0.2) is 36.4 Å². The maximum absolute atomic E-state index is 12.2. The van der Waals surface area contributed by atoms with Crippen molar-refractivity contribution in [3.63, 3.8) is 0 Å². The van der Waals surface area contributed by atoms with Gasteiger partial charge in [-0.3, -0.25) is 9.78 Å². The van der Waals surface area contributed by atoms with Gasteiger partial charge < -0.3 is 0 Å². The molecule has 6 nitrogen and oxygen atoms in total. The molecule has 6 heteroatoms. The molecule has 0 saturated heterocycles. The van der Waals surface area contributed by atoms with Gasteiger partial charge >= 0.3 is 18.2 Å². The summed E-state index contributed by atoms with van der Waals surface area (Å²) in [6.45, 7) is 11.2. The van der Waals surface area contributed by atoms with E-state index in [1.165, 1.54) is 0 Å². The van der Waals surface area contributed by atoms with E-state index in [2.05, 4.69) is 6.92 Å². The van der Waals surface area contributed by atoms with Crippen molar-refractivity contribution in [1.82, 2.24) is 0 Å². The lowest BCUT2D eigenvalue weighted by Gasteiger charge is -2.13. The molecule has 0 fully saturated rings. The summed E-state index contributed by atoms with van der Waals surface area (Å²) in [5, 5.41) is 0. The zero-order valence-electron chi connectivity index (χ0n) is 16.5. The Hall–Kier alpha value is -2.70. The normalized spacial score (nSPS) is 10.8. The highest BCUT2D eigenvalue weighted by Gasteiger charge is 2.21. The van der Waals surface area contributed by atoms with E-state index in [1.807, 2.05) is 39.8 Å². The molecule has 0 aromatic heterocycles. The van der Waals surface area contributed by atoms with E-state index >= 15 is 0 Å². The third kappa shape index (κ3) is 6.48. The Morgan fingerprint density at radius 1 is 0.679 bits per heavy atom. The molecule has 0 spiro atoms. The summed E-state index contributed by atoms with van der Waals surface area (Å²) in [4.78, 5) is 43.8. The predicted octanol–water partition coefficient (Wildman–Crippen LogP) is 4.90. The number of carbonyl (C=O) groups excluding carboxylic acids is 2. The van der Waals surface area contributed by atoms with E-state index < -0.39 is 11.9 Å². The zero-order chi connectivity index (χ0) is 20.7. The van der Waals surface area contributed by atoms with Gasteiger partial charge in [-0.15, -0.1) is 9.78 Å². The highest BCUT2D eigenvalue weighted by Crippen LogP contribution is 2.18. The van der Waals surface area contributed by atoms with Crippen molar-refractivity contribution in [3.8, 4) is 0 Å². The standard InChI is InChI=1S/C22H24O6/c1-6-7-20(25-27-21(23)18-10-14(2)8-15(3)11-18)26-28-22(24)19-12-16(4)9-17(5)13-19/h8-13H,1,6-7H2,2-5H3. The molecule has 28 heavy (non-hydrogen) atoms. The molecule has 2 aromatic rings. The maximum Gasteiger partial charge on any atom is 0.373 e. The van der Waals surface area contributed by atoms with Crippen LogP contribution in [0.4, 0.5) is 0 Å². The molecule has 0 N–H and O–H groups in total. The average molecular weight is 384 g/mol. The van der Waals surface area contributed by atoms with Crippen LogP contribution < -0.4 is 0 Å². The number of rotatable bonds is 8. The van der Waals surface area contributed by atoms with Crippen LogP contribution in [0.5, 0.6) is 0 Å². The Labute approximate surface area is 165 Å². The molecule has 0 unspecified atom stereocenters. The topological polar surface area (TPSA) is 71.1 Å². The summed E-state index contributed by atoms with van der Waals surface area (Å²) in [5.41, 5.74) is 4.39. The maximum atomic E-state index is 12.2. The first-order valence-corrected chi connectivity index (χ1v) is 8.88. The van der Waals surface area contributed by atoms with Crippen LogP contribution in [0.3, 0.4) is 0 Å². The Morgan fingerprint density at radius 3 is 1.36 bits per heavy atom. The smallest absolute Gasteiger partial charge is 0.289 e. The van der Waals surface area contributed by atoms with Crippen molar-refractivity contribution >= 4 is 11.9 Å². The van der Waals surface area contributed by atoms with Crippen LogP contribution in [0.2, 0.25) is 0 Å². The lowest BCUT2D eigenvalue weighted by atomic mass is 10.1. The van der Waals surface area contributed by atoms with Gasteiger partial charge in [0.1, 0.15) is 0 Å². The molecular formula is C22H24O6. The van der Waals surface area contributed by atoms with E-state index in [-0.39, 0.29) is 12.7 Å². The Bertz CT molecular complexity index is 735. The molecule has 148 valence electrons. The van der Waals surface area contributed by atoms with E-state index in [1.54, 1.807) is 24.3 Å². The summed E-state index contributed by atoms with van der Waals surface area (Å²) in [6, 6.07) is 10.6. The van der Waals surface area contributed by atoms with Crippen molar-refractivity contribution in [1.29, 1.82) is 0 Å². The minimum atomic E-state index is -0.683. The van der Waals surface area contributed by atoms with E-state index in [9.17, 15) is 9.59 Å². The van der Waals surface area contributed by atoms with Crippen molar-refractivity contribution < 1.29 is 29.1 Å².